The molecule has 0 spiro atoms. The number of amides is 1. The van der Waals surface area contributed by atoms with Gasteiger partial charge < -0.3 is 19.4 Å². The van der Waals surface area contributed by atoms with Gasteiger partial charge in [-0.3, -0.25) is 4.79 Å². The van der Waals surface area contributed by atoms with Gasteiger partial charge in [-0.1, -0.05) is 12.1 Å². The smallest absolute Gasteiger partial charge is 0.268 e. The number of aryl methyl sites for hydroxylation is 2. The van der Waals surface area contributed by atoms with E-state index in [1.54, 1.807) is 22.8 Å². The summed E-state index contributed by atoms with van der Waals surface area (Å²) in [6.07, 6.45) is 2.85. The maximum atomic E-state index is 14.9. The zero-order chi connectivity index (χ0) is 18.0. The summed E-state index contributed by atoms with van der Waals surface area (Å²) in [5, 5.41) is 3.09. The van der Waals surface area contributed by atoms with Crippen LogP contribution in [0.25, 0.3) is 0 Å². The summed E-state index contributed by atoms with van der Waals surface area (Å²) in [5.41, 5.74) is 1.09. The van der Waals surface area contributed by atoms with Crippen LogP contribution in [-0.2, 0) is 17.3 Å². The highest BCUT2D eigenvalue weighted by atomic mass is 19.1. The van der Waals surface area contributed by atoms with E-state index in [4.69, 9.17) is 9.47 Å². The van der Waals surface area contributed by atoms with Gasteiger partial charge in [0, 0.05) is 32.0 Å². The number of hydrogen-bond donors (Lipinski definition) is 1. The molecule has 0 radical (unpaired) electrons. The molecule has 0 bridgehead atoms. The van der Waals surface area contributed by atoms with Gasteiger partial charge >= 0.3 is 0 Å². The standard InChI is InChI=1S/C19H23FN2O3/c1-13-7-10-22(2)17(13)18(23)21-19(8-11-25-12-9-19)14-5-4-6-15(24-3)16(14)20/h4-7,10H,8-9,11-12H2,1-3H3,(H,21,23). The van der Waals surface area contributed by atoms with Crippen molar-refractivity contribution in [2.45, 2.75) is 25.3 Å². The lowest BCUT2D eigenvalue weighted by Crippen LogP contribution is -2.50. The van der Waals surface area contributed by atoms with Gasteiger partial charge in [0.25, 0.3) is 5.91 Å². The molecule has 1 N–H and O–H groups in total. The van der Waals surface area contributed by atoms with E-state index < -0.39 is 11.4 Å². The van der Waals surface area contributed by atoms with Crippen LogP contribution in [0.15, 0.2) is 30.5 Å². The van der Waals surface area contributed by atoms with Crippen LogP contribution in [0.4, 0.5) is 4.39 Å². The SMILES string of the molecule is COc1cccc(C2(NC(=O)c3c(C)ccn3C)CCOCC2)c1F. The molecule has 6 heteroatoms. The fraction of sp³-hybridized carbons (Fsp3) is 0.421. The molecular weight excluding hydrogens is 323 g/mol. The first-order chi connectivity index (χ1) is 12.0. The monoisotopic (exact) mass is 346 g/mol. The Hall–Kier alpha value is -2.34. The summed E-state index contributed by atoms with van der Waals surface area (Å²) in [6.45, 7) is 2.81. The van der Waals surface area contributed by atoms with Gasteiger partial charge in [-0.25, -0.2) is 4.39 Å². The van der Waals surface area contributed by atoms with E-state index in [0.717, 1.165) is 5.56 Å². The summed E-state index contributed by atoms with van der Waals surface area (Å²) in [6, 6.07) is 6.92. The van der Waals surface area contributed by atoms with Gasteiger partial charge in [0.05, 0.1) is 12.6 Å². The second kappa shape index (κ2) is 6.88. The largest absolute Gasteiger partial charge is 0.494 e. The maximum absolute atomic E-state index is 14.9. The van der Waals surface area contributed by atoms with Crippen molar-refractivity contribution in [2.75, 3.05) is 20.3 Å². The Morgan fingerprint density at radius 1 is 1.32 bits per heavy atom. The van der Waals surface area contributed by atoms with Gasteiger partial charge in [-0.2, -0.15) is 0 Å². The highest BCUT2D eigenvalue weighted by molar-refractivity contribution is 5.94. The number of halogens is 1. The van der Waals surface area contributed by atoms with Gasteiger partial charge in [0.15, 0.2) is 11.6 Å². The zero-order valence-electron chi connectivity index (χ0n) is 14.8. The van der Waals surface area contributed by atoms with Crippen molar-refractivity contribution in [2.24, 2.45) is 7.05 Å². The third-order valence-electron chi connectivity index (χ3n) is 4.89. The predicted octanol–water partition coefficient (Wildman–Crippen LogP) is 2.92. The molecule has 0 unspecified atom stereocenters. The minimum atomic E-state index is -0.815. The van der Waals surface area contributed by atoms with Crippen LogP contribution in [0.5, 0.6) is 5.75 Å². The van der Waals surface area contributed by atoms with Crippen LogP contribution < -0.4 is 10.1 Å². The molecule has 1 aliphatic rings. The summed E-state index contributed by atoms with van der Waals surface area (Å²) in [7, 11) is 3.26. The van der Waals surface area contributed by atoms with Crippen LogP contribution in [0, 0.1) is 12.7 Å². The van der Waals surface area contributed by atoms with E-state index in [1.165, 1.54) is 7.11 Å². The number of nitrogens with one attached hydrogen (secondary N) is 1. The molecule has 1 amide bonds. The third kappa shape index (κ3) is 3.14. The van der Waals surface area contributed by atoms with Gasteiger partial charge in [0.1, 0.15) is 5.69 Å². The summed E-state index contributed by atoms with van der Waals surface area (Å²) >= 11 is 0. The first-order valence-electron chi connectivity index (χ1n) is 8.33. The van der Waals surface area contributed by atoms with E-state index in [0.29, 0.717) is 37.3 Å². The molecule has 2 aromatic rings. The van der Waals surface area contributed by atoms with Crippen LogP contribution in [0.2, 0.25) is 0 Å². The number of ether oxygens (including phenoxy) is 2. The highest BCUT2D eigenvalue weighted by Gasteiger charge is 2.39. The molecule has 0 atom stereocenters. The summed E-state index contributed by atoms with van der Waals surface area (Å²) < 4.78 is 27.3. The molecule has 25 heavy (non-hydrogen) atoms. The molecule has 1 aromatic heterocycles. The number of carbonyl (C=O) groups is 1. The van der Waals surface area contributed by atoms with Crippen LogP contribution in [-0.4, -0.2) is 30.8 Å². The summed E-state index contributed by atoms with van der Waals surface area (Å²) in [5.74, 6) is -0.474. The normalized spacial score (nSPS) is 16.5. The van der Waals surface area contributed by atoms with Gasteiger partial charge in [-0.15, -0.1) is 0 Å². The quantitative estimate of drug-likeness (QED) is 0.926. The molecule has 5 nitrogen and oxygen atoms in total. The second-order valence-electron chi connectivity index (χ2n) is 6.43. The summed E-state index contributed by atoms with van der Waals surface area (Å²) in [4.78, 5) is 12.9. The van der Waals surface area contributed by atoms with Crippen LogP contribution in [0.1, 0.15) is 34.5 Å². The molecule has 1 fully saturated rings. The Labute approximate surface area is 146 Å². The molecule has 1 aliphatic heterocycles. The van der Waals surface area contributed by atoms with E-state index in [-0.39, 0.29) is 11.7 Å². The van der Waals surface area contributed by atoms with E-state index >= 15 is 0 Å². The fourth-order valence-corrected chi connectivity index (χ4v) is 3.49. The lowest BCUT2D eigenvalue weighted by molar-refractivity contribution is 0.0329. The van der Waals surface area contributed by atoms with Crippen molar-refractivity contribution in [3.05, 3.63) is 53.1 Å². The van der Waals surface area contributed by atoms with Crippen molar-refractivity contribution in [3.8, 4) is 5.75 Å². The number of carbonyl (C=O) groups excluding carboxylic acids is 1. The highest BCUT2D eigenvalue weighted by Crippen LogP contribution is 2.37. The number of methoxy groups -OCH3 is 1. The van der Waals surface area contributed by atoms with Crippen LogP contribution >= 0.6 is 0 Å². The minimum Gasteiger partial charge on any atom is -0.494 e. The van der Waals surface area contributed by atoms with E-state index in [2.05, 4.69) is 5.32 Å². The number of rotatable bonds is 4. The molecule has 0 aliphatic carbocycles. The fourth-order valence-electron chi connectivity index (χ4n) is 3.49. The first kappa shape index (κ1) is 17.5. The first-order valence-corrected chi connectivity index (χ1v) is 8.33. The lowest BCUT2D eigenvalue weighted by atomic mass is 9.82. The lowest BCUT2D eigenvalue weighted by Gasteiger charge is -2.39. The Balaban J connectivity index is 2.01. The number of nitrogens with zero attached hydrogens (tertiary/aromatic N) is 1. The Bertz CT molecular complexity index is 759. The molecular formula is C19H23FN2O3. The van der Waals surface area contributed by atoms with Crippen LogP contribution in [0.3, 0.4) is 0 Å². The Morgan fingerprint density at radius 2 is 2.04 bits per heavy atom. The third-order valence-corrected chi connectivity index (χ3v) is 4.89. The van der Waals surface area contributed by atoms with Gasteiger partial charge in [-0.05, 0) is 37.5 Å². The minimum absolute atomic E-state index is 0.174. The van der Waals surface area contributed by atoms with Crippen molar-refractivity contribution in [3.63, 3.8) is 0 Å². The van der Waals surface area contributed by atoms with E-state index in [1.807, 2.05) is 26.2 Å². The average Bonchev–Trinajstić information content (AvgIpc) is 2.94. The molecule has 0 saturated carbocycles. The van der Waals surface area contributed by atoms with Crippen molar-refractivity contribution in [1.29, 1.82) is 0 Å². The van der Waals surface area contributed by atoms with Crippen molar-refractivity contribution < 1.29 is 18.7 Å². The number of benzene rings is 1. The molecule has 1 saturated heterocycles. The van der Waals surface area contributed by atoms with Crippen molar-refractivity contribution >= 4 is 5.91 Å². The zero-order valence-corrected chi connectivity index (χ0v) is 14.8. The Kier molecular flexibility index (Phi) is 4.81. The van der Waals surface area contributed by atoms with Gasteiger partial charge in [0.2, 0.25) is 0 Å². The topological polar surface area (TPSA) is 52.5 Å². The molecule has 1 aromatic carbocycles. The molecule has 2 heterocycles. The molecule has 134 valence electrons. The predicted molar refractivity (Wildman–Crippen MR) is 92.3 cm³/mol. The molecule has 3 rings (SSSR count). The van der Waals surface area contributed by atoms with E-state index in [9.17, 15) is 9.18 Å². The van der Waals surface area contributed by atoms with Crippen molar-refractivity contribution in [1.82, 2.24) is 9.88 Å². The second-order valence-corrected chi connectivity index (χ2v) is 6.43. The number of hydrogen-bond acceptors (Lipinski definition) is 3. The number of aromatic nitrogens is 1. The maximum Gasteiger partial charge on any atom is 0.268 e. The average molecular weight is 346 g/mol. The Morgan fingerprint density at radius 3 is 2.64 bits per heavy atom.